The minimum absolute atomic E-state index is 0.313. The van der Waals surface area contributed by atoms with E-state index in [1.54, 1.807) is 54.6 Å². The lowest BCUT2D eigenvalue weighted by molar-refractivity contribution is 0.102. The number of H-pyrrole nitrogens is 1. The number of anilines is 1. The molecular weight excluding hydrogens is 425 g/mol. The van der Waals surface area contributed by atoms with E-state index in [0.29, 0.717) is 55.2 Å². The number of carbonyl (C=O) groups excluding carboxylic acids is 1. The predicted octanol–water partition coefficient (Wildman–Crippen LogP) is 5.81. The molecule has 6 nitrogen and oxygen atoms in total. The Morgan fingerprint density at radius 1 is 0.967 bits per heavy atom. The normalized spacial score (nSPS) is 10.8. The summed E-state index contributed by atoms with van der Waals surface area (Å²) in [4.78, 5) is 20.6. The van der Waals surface area contributed by atoms with Gasteiger partial charge in [-0.15, -0.1) is 0 Å². The molecule has 152 valence electrons. The van der Waals surface area contributed by atoms with Gasteiger partial charge < -0.3 is 19.8 Å². The van der Waals surface area contributed by atoms with Crippen molar-refractivity contribution in [2.45, 2.75) is 0 Å². The minimum atomic E-state index is -0.313. The Bertz CT molecular complexity index is 1210. The maximum absolute atomic E-state index is 12.9. The molecule has 30 heavy (non-hydrogen) atoms. The maximum atomic E-state index is 12.9. The molecule has 0 spiro atoms. The van der Waals surface area contributed by atoms with Crippen molar-refractivity contribution in [3.05, 3.63) is 70.2 Å². The van der Waals surface area contributed by atoms with Gasteiger partial charge in [0.1, 0.15) is 23.0 Å². The molecule has 0 saturated carbocycles. The second-order valence-corrected chi connectivity index (χ2v) is 7.22. The van der Waals surface area contributed by atoms with Gasteiger partial charge in [-0.05, 0) is 42.5 Å². The van der Waals surface area contributed by atoms with Gasteiger partial charge in [-0.2, -0.15) is 0 Å². The van der Waals surface area contributed by atoms with Crippen LogP contribution in [0.1, 0.15) is 10.4 Å². The average molecular weight is 442 g/mol. The summed E-state index contributed by atoms with van der Waals surface area (Å²) in [5, 5.41) is 3.83. The van der Waals surface area contributed by atoms with Gasteiger partial charge in [0.05, 0.1) is 40.9 Å². The fourth-order valence-corrected chi connectivity index (χ4v) is 3.73. The summed E-state index contributed by atoms with van der Waals surface area (Å²) in [6.07, 6.45) is 0. The molecule has 2 N–H and O–H groups in total. The Morgan fingerprint density at radius 3 is 2.23 bits per heavy atom. The summed E-state index contributed by atoms with van der Waals surface area (Å²) in [6, 6.07) is 15.7. The first-order valence-electron chi connectivity index (χ1n) is 8.98. The number of rotatable bonds is 5. The van der Waals surface area contributed by atoms with Crippen LogP contribution in [-0.2, 0) is 0 Å². The molecule has 0 saturated heterocycles. The molecule has 4 rings (SSSR count). The van der Waals surface area contributed by atoms with Crippen LogP contribution in [0.25, 0.3) is 22.4 Å². The molecule has 1 aromatic heterocycles. The minimum Gasteiger partial charge on any atom is -0.494 e. The predicted molar refractivity (Wildman–Crippen MR) is 119 cm³/mol. The lowest BCUT2D eigenvalue weighted by Crippen LogP contribution is -2.13. The van der Waals surface area contributed by atoms with Crippen molar-refractivity contribution in [3.63, 3.8) is 0 Å². The van der Waals surface area contributed by atoms with Crippen molar-refractivity contribution in [3.8, 4) is 22.9 Å². The number of ether oxygens (including phenoxy) is 2. The van der Waals surface area contributed by atoms with Crippen molar-refractivity contribution in [2.24, 2.45) is 0 Å². The van der Waals surface area contributed by atoms with Gasteiger partial charge in [-0.3, -0.25) is 4.79 Å². The second kappa shape index (κ2) is 8.26. The second-order valence-electron chi connectivity index (χ2n) is 6.41. The van der Waals surface area contributed by atoms with Crippen molar-refractivity contribution >= 4 is 45.8 Å². The molecule has 0 bridgehead atoms. The summed E-state index contributed by atoms with van der Waals surface area (Å²) in [7, 11) is 3.06. The summed E-state index contributed by atoms with van der Waals surface area (Å²) < 4.78 is 10.7. The summed E-state index contributed by atoms with van der Waals surface area (Å²) >= 11 is 12.6. The summed E-state index contributed by atoms with van der Waals surface area (Å²) in [5.41, 5.74) is 2.88. The highest BCUT2D eigenvalue weighted by Crippen LogP contribution is 2.35. The smallest absolute Gasteiger partial charge is 0.255 e. The van der Waals surface area contributed by atoms with E-state index in [-0.39, 0.29) is 5.91 Å². The van der Waals surface area contributed by atoms with E-state index in [0.717, 1.165) is 0 Å². The van der Waals surface area contributed by atoms with Crippen molar-refractivity contribution < 1.29 is 14.3 Å². The van der Waals surface area contributed by atoms with Crippen LogP contribution < -0.4 is 14.8 Å². The molecule has 3 aromatic carbocycles. The first-order chi connectivity index (χ1) is 14.5. The zero-order valence-electron chi connectivity index (χ0n) is 16.1. The van der Waals surface area contributed by atoms with Crippen LogP contribution in [0.5, 0.6) is 11.5 Å². The van der Waals surface area contributed by atoms with Gasteiger partial charge in [-0.25, -0.2) is 4.98 Å². The van der Waals surface area contributed by atoms with E-state index in [4.69, 9.17) is 32.7 Å². The number of hydrogen-bond donors (Lipinski definition) is 2. The zero-order chi connectivity index (χ0) is 21.3. The first-order valence-corrected chi connectivity index (χ1v) is 9.74. The molecule has 1 heterocycles. The van der Waals surface area contributed by atoms with Crippen molar-refractivity contribution in [1.82, 2.24) is 9.97 Å². The number of aromatic amines is 1. The number of imidazole rings is 1. The lowest BCUT2D eigenvalue weighted by atomic mass is 10.1. The number of methoxy groups -OCH3 is 2. The van der Waals surface area contributed by atoms with Gasteiger partial charge in [0.15, 0.2) is 0 Å². The molecule has 0 unspecified atom stereocenters. The molecule has 0 aliphatic carbocycles. The number of aromatic nitrogens is 2. The monoisotopic (exact) mass is 441 g/mol. The van der Waals surface area contributed by atoms with E-state index in [1.807, 2.05) is 0 Å². The third-order valence-electron chi connectivity index (χ3n) is 4.61. The van der Waals surface area contributed by atoms with Gasteiger partial charge in [0.2, 0.25) is 0 Å². The van der Waals surface area contributed by atoms with Crippen LogP contribution in [0, 0.1) is 0 Å². The zero-order valence-corrected chi connectivity index (χ0v) is 17.6. The van der Waals surface area contributed by atoms with E-state index < -0.39 is 0 Å². The van der Waals surface area contributed by atoms with Gasteiger partial charge >= 0.3 is 0 Å². The molecule has 0 aliphatic heterocycles. The van der Waals surface area contributed by atoms with E-state index >= 15 is 0 Å². The van der Waals surface area contributed by atoms with E-state index in [9.17, 15) is 4.79 Å². The number of hydrogen-bond acceptors (Lipinski definition) is 4. The fourth-order valence-electron chi connectivity index (χ4n) is 3.15. The van der Waals surface area contributed by atoms with Crippen LogP contribution in [0.4, 0.5) is 5.69 Å². The largest absolute Gasteiger partial charge is 0.494 e. The SMILES string of the molecule is COc1cccc(OC)c1NC(=O)c1ccc2nc(-c3c(Cl)cccc3Cl)[nH]c2c1. The Labute approximate surface area is 182 Å². The van der Waals surface area contributed by atoms with Crippen molar-refractivity contribution in [2.75, 3.05) is 19.5 Å². The number of nitrogens with one attached hydrogen (secondary N) is 2. The Balaban J connectivity index is 1.69. The lowest BCUT2D eigenvalue weighted by Gasteiger charge is -2.14. The molecule has 0 aliphatic rings. The molecule has 0 fully saturated rings. The molecule has 8 heteroatoms. The van der Waals surface area contributed by atoms with E-state index in [1.165, 1.54) is 14.2 Å². The van der Waals surface area contributed by atoms with E-state index in [2.05, 4.69) is 15.3 Å². The van der Waals surface area contributed by atoms with Crippen molar-refractivity contribution in [1.29, 1.82) is 0 Å². The number of benzene rings is 3. The molecular formula is C22H17Cl2N3O3. The standard InChI is InChI=1S/C22H17Cl2N3O3/c1-29-17-7-4-8-18(30-2)20(17)27-22(28)12-9-10-15-16(11-12)26-21(25-15)19-13(23)5-3-6-14(19)24/h3-11H,1-2H3,(H,25,26)(H,27,28). The quantitative estimate of drug-likeness (QED) is 0.409. The third-order valence-corrected chi connectivity index (χ3v) is 5.24. The fraction of sp³-hybridized carbons (Fsp3) is 0.0909. The van der Waals surface area contributed by atoms with Crippen LogP contribution in [0.3, 0.4) is 0 Å². The summed E-state index contributed by atoms with van der Waals surface area (Å²) in [5.74, 6) is 1.22. The van der Waals surface area contributed by atoms with Crippen LogP contribution in [0.2, 0.25) is 10.0 Å². The number of nitrogens with zero attached hydrogens (tertiary/aromatic N) is 1. The van der Waals surface area contributed by atoms with Gasteiger partial charge in [-0.1, -0.05) is 35.3 Å². The van der Waals surface area contributed by atoms with Crippen LogP contribution >= 0.6 is 23.2 Å². The Hall–Kier alpha value is -3.22. The topological polar surface area (TPSA) is 76.2 Å². The Morgan fingerprint density at radius 2 is 1.60 bits per heavy atom. The van der Waals surface area contributed by atoms with Gasteiger partial charge in [0.25, 0.3) is 5.91 Å². The highest BCUT2D eigenvalue weighted by molar-refractivity contribution is 6.39. The highest BCUT2D eigenvalue weighted by Gasteiger charge is 2.17. The number of halogens is 2. The third kappa shape index (κ3) is 3.67. The molecule has 1 amide bonds. The maximum Gasteiger partial charge on any atom is 0.255 e. The van der Waals surface area contributed by atoms with Crippen LogP contribution in [0.15, 0.2) is 54.6 Å². The molecule has 4 aromatic rings. The molecule has 0 atom stereocenters. The number of amides is 1. The molecule has 0 radical (unpaired) electrons. The average Bonchev–Trinajstić information content (AvgIpc) is 3.16. The summed E-state index contributed by atoms with van der Waals surface area (Å²) in [6.45, 7) is 0. The number of carbonyl (C=O) groups is 1. The highest BCUT2D eigenvalue weighted by atomic mass is 35.5. The Kier molecular flexibility index (Phi) is 5.53. The first kappa shape index (κ1) is 20.1. The number of para-hydroxylation sites is 1. The van der Waals surface area contributed by atoms with Crippen LogP contribution in [-0.4, -0.2) is 30.1 Å². The number of fused-ring (bicyclic) bond motifs is 1. The van der Waals surface area contributed by atoms with Gasteiger partial charge in [0, 0.05) is 5.56 Å².